The molecule has 1 aliphatic rings. The predicted octanol–water partition coefficient (Wildman–Crippen LogP) is 1.16. The number of fused-ring (bicyclic) bond motifs is 1. The molecule has 0 unspecified atom stereocenters. The van der Waals surface area contributed by atoms with E-state index in [2.05, 4.69) is 10.1 Å². The van der Waals surface area contributed by atoms with Gasteiger partial charge in [0, 0.05) is 0 Å². The van der Waals surface area contributed by atoms with Crippen molar-refractivity contribution < 1.29 is 13.9 Å². The van der Waals surface area contributed by atoms with E-state index in [0.717, 1.165) is 0 Å². The number of anilines is 1. The number of nitrogens with one attached hydrogen (secondary N) is 1. The lowest BCUT2D eigenvalue weighted by Gasteiger charge is -2.16. The number of benzene rings is 1. The van der Waals surface area contributed by atoms with Crippen LogP contribution < -0.4 is 10.1 Å². The Labute approximate surface area is 68.1 Å². The van der Waals surface area contributed by atoms with Crippen LogP contribution >= 0.6 is 0 Å². The molecule has 0 spiro atoms. The first-order chi connectivity index (χ1) is 5.77. The molecular weight excluding hydrogens is 161 g/mol. The van der Waals surface area contributed by atoms with E-state index in [4.69, 9.17) is 0 Å². The van der Waals surface area contributed by atoms with Crippen molar-refractivity contribution in [3.05, 3.63) is 24.0 Å². The zero-order valence-electron chi connectivity index (χ0n) is 6.13. The van der Waals surface area contributed by atoms with Crippen molar-refractivity contribution in [2.45, 2.75) is 0 Å². The third-order valence-electron chi connectivity index (χ3n) is 1.61. The van der Waals surface area contributed by atoms with Crippen molar-refractivity contribution in [2.75, 3.05) is 11.9 Å². The van der Waals surface area contributed by atoms with E-state index in [9.17, 15) is 9.18 Å². The number of halogens is 1. The first-order valence-electron chi connectivity index (χ1n) is 3.50. The molecule has 62 valence electrons. The van der Waals surface area contributed by atoms with Crippen LogP contribution in [0.25, 0.3) is 0 Å². The van der Waals surface area contributed by atoms with Gasteiger partial charge in [-0.15, -0.1) is 0 Å². The highest BCUT2D eigenvalue weighted by Gasteiger charge is 2.19. The summed E-state index contributed by atoms with van der Waals surface area (Å²) in [4.78, 5) is 10.7. The van der Waals surface area contributed by atoms with Gasteiger partial charge in [-0.25, -0.2) is 9.18 Å². The maximum Gasteiger partial charge on any atom is 0.330 e. The second-order valence-electron chi connectivity index (χ2n) is 2.44. The van der Waals surface area contributed by atoms with E-state index in [0.29, 0.717) is 5.69 Å². The number of para-hydroxylation sites is 1. The zero-order chi connectivity index (χ0) is 8.55. The SMILES string of the molecule is O=C1CNc2cccc(F)c2O1. The fraction of sp³-hybridized carbons (Fsp3) is 0.125. The average molecular weight is 167 g/mol. The summed E-state index contributed by atoms with van der Waals surface area (Å²) in [7, 11) is 0. The summed E-state index contributed by atoms with van der Waals surface area (Å²) in [6.45, 7) is 0.0937. The first kappa shape index (κ1) is 7.09. The van der Waals surface area contributed by atoms with Crippen LogP contribution in [0.5, 0.6) is 5.75 Å². The van der Waals surface area contributed by atoms with Crippen LogP contribution in [0, 0.1) is 5.82 Å². The van der Waals surface area contributed by atoms with Crippen molar-refractivity contribution in [1.29, 1.82) is 0 Å². The number of hydrogen-bond donors (Lipinski definition) is 1. The molecule has 0 fully saturated rings. The van der Waals surface area contributed by atoms with E-state index in [-0.39, 0.29) is 12.3 Å². The smallest absolute Gasteiger partial charge is 0.330 e. The average Bonchev–Trinajstić information content (AvgIpc) is 2.07. The molecule has 0 bridgehead atoms. The van der Waals surface area contributed by atoms with Gasteiger partial charge in [0.05, 0.1) is 5.69 Å². The maximum absolute atomic E-state index is 12.9. The summed E-state index contributed by atoms with van der Waals surface area (Å²) in [5.74, 6) is -0.991. The van der Waals surface area contributed by atoms with E-state index < -0.39 is 11.8 Å². The molecule has 12 heavy (non-hydrogen) atoms. The monoisotopic (exact) mass is 167 g/mol. The number of carbonyl (C=O) groups excluding carboxylic acids is 1. The Morgan fingerprint density at radius 1 is 1.50 bits per heavy atom. The lowest BCUT2D eigenvalue weighted by molar-refractivity contribution is -0.133. The minimum atomic E-state index is -0.520. The normalized spacial score (nSPS) is 14.6. The lowest BCUT2D eigenvalue weighted by Crippen LogP contribution is -2.25. The molecule has 2 rings (SSSR count). The molecule has 0 aliphatic carbocycles. The van der Waals surface area contributed by atoms with Gasteiger partial charge in [0.1, 0.15) is 6.54 Å². The Kier molecular flexibility index (Phi) is 1.46. The minimum absolute atomic E-state index is 0.00579. The van der Waals surface area contributed by atoms with Gasteiger partial charge in [-0.3, -0.25) is 0 Å². The van der Waals surface area contributed by atoms with Crippen molar-refractivity contribution in [2.24, 2.45) is 0 Å². The maximum atomic E-state index is 12.9. The van der Waals surface area contributed by atoms with Crippen LogP contribution in [0.15, 0.2) is 18.2 Å². The topological polar surface area (TPSA) is 38.3 Å². The van der Waals surface area contributed by atoms with E-state index in [1.54, 1.807) is 12.1 Å². The Morgan fingerprint density at radius 3 is 3.17 bits per heavy atom. The van der Waals surface area contributed by atoms with Gasteiger partial charge in [0.15, 0.2) is 11.6 Å². The van der Waals surface area contributed by atoms with Crippen molar-refractivity contribution in [3.63, 3.8) is 0 Å². The summed E-state index contributed by atoms with van der Waals surface area (Å²) in [6.07, 6.45) is 0. The molecule has 3 nitrogen and oxygen atoms in total. The number of carbonyl (C=O) groups is 1. The zero-order valence-corrected chi connectivity index (χ0v) is 6.13. The Bertz CT molecular complexity index is 338. The van der Waals surface area contributed by atoms with Gasteiger partial charge >= 0.3 is 5.97 Å². The third-order valence-corrected chi connectivity index (χ3v) is 1.61. The van der Waals surface area contributed by atoms with Crippen molar-refractivity contribution >= 4 is 11.7 Å². The summed E-state index contributed by atoms with van der Waals surface area (Å²) < 4.78 is 17.6. The van der Waals surface area contributed by atoms with E-state index in [1.807, 2.05) is 0 Å². The van der Waals surface area contributed by atoms with Gasteiger partial charge < -0.3 is 10.1 Å². The van der Waals surface area contributed by atoms with Gasteiger partial charge in [0.2, 0.25) is 0 Å². The molecule has 1 N–H and O–H groups in total. The second-order valence-corrected chi connectivity index (χ2v) is 2.44. The molecule has 1 heterocycles. The molecule has 1 aliphatic heterocycles. The molecule has 0 aromatic heterocycles. The van der Waals surface area contributed by atoms with Crippen molar-refractivity contribution in [3.8, 4) is 5.75 Å². The third kappa shape index (κ3) is 1.01. The standard InChI is InChI=1S/C8H6FNO2/c9-5-2-1-3-6-8(5)12-7(11)4-10-6/h1-3,10H,4H2. The number of esters is 1. The molecule has 0 atom stereocenters. The summed E-state index contributed by atoms with van der Waals surface area (Å²) in [5.41, 5.74) is 0.523. The number of ether oxygens (including phenoxy) is 1. The summed E-state index contributed by atoms with van der Waals surface area (Å²) >= 11 is 0. The molecule has 0 saturated carbocycles. The predicted molar refractivity (Wildman–Crippen MR) is 40.5 cm³/mol. The second kappa shape index (κ2) is 2.48. The van der Waals surface area contributed by atoms with Gasteiger partial charge in [-0.2, -0.15) is 0 Å². The van der Waals surface area contributed by atoms with Gasteiger partial charge in [-0.05, 0) is 12.1 Å². The molecule has 0 radical (unpaired) electrons. The largest absolute Gasteiger partial charge is 0.420 e. The van der Waals surface area contributed by atoms with Crippen LogP contribution in [-0.4, -0.2) is 12.5 Å². The van der Waals surface area contributed by atoms with Crippen LogP contribution in [0.2, 0.25) is 0 Å². The highest BCUT2D eigenvalue weighted by atomic mass is 19.1. The molecule has 4 heteroatoms. The summed E-state index contributed by atoms with van der Waals surface area (Å²) in [6, 6.07) is 4.46. The number of hydrogen-bond acceptors (Lipinski definition) is 3. The minimum Gasteiger partial charge on any atom is -0.420 e. The fourth-order valence-electron chi connectivity index (χ4n) is 1.07. The van der Waals surface area contributed by atoms with E-state index in [1.165, 1.54) is 6.07 Å². The van der Waals surface area contributed by atoms with Crippen LogP contribution in [0.3, 0.4) is 0 Å². The first-order valence-corrected chi connectivity index (χ1v) is 3.50. The van der Waals surface area contributed by atoms with E-state index >= 15 is 0 Å². The lowest BCUT2D eigenvalue weighted by atomic mass is 10.2. The van der Waals surface area contributed by atoms with Gasteiger partial charge in [-0.1, -0.05) is 6.07 Å². The molecule has 1 aromatic rings. The van der Waals surface area contributed by atoms with Crippen molar-refractivity contribution in [1.82, 2.24) is 0 Å². The number of rotatable bonds is 0. The molecule has 1 aromatic carbocycles. The highest BCUT2D eigenvalue weighted by molar-refractivity contribution is 5.83. The molecule has 0 amide bonds. The van der Waals surface area contributed by atoms with Crippen LogP contribution in [0.1, 0.15) is 0 Å². The van der Waals surface area contributed by atoms with Crippen LogP contribution in [0.4, 0.5) is 10.1 Å². The molecule has 0 saturated heterocycles. The Morgan fingerprint density at radius 2 is 2.33 bits per heavy atom. The quantitative estimate of drug-likeness (QED) is 0.465. The Hall–Kier alpha value is -1.58. The Balaban J connectivity index is 2.50. The summed E-state index contributed by atoms with van der Waals surface area (Å²) in [5, 5.41) is 2.74. The van der Waals surface area contributed by atoms with Crippen LogP contribution in [-0.2, 0) is 4.79 Å². The molecular formula is C8H6FNO2. The highest BCUT2D eigenvalue weighted by Crippen LogP contribution is 2.29. The van der Waals surface area contributed by atoms with Gasteiger partial charge in [0.25, 0.3) is 0 Å². The fourth-order valence-corrected chi connectivity index (χ4v) is 1.07.